The van der Waals surface area contributed by atoms with E-state index in [1.54, 1.807) is 12.4 Å². The van der Waals surface area contributed by atoms with Crippen LogP contribution in [0, 0.1) is 13.8 Å². The van der Waals surface area contributed by atoms with Crippen LogP contribution in [0.1, 0.15) is 22.3 Å². The Morgan fingerprint density at radius 1 is 1.00 bits per heavy atom. The van der Waals surface area contributed by atoms with E-state index in [4.69, 9.17) is 0 Å². The van der Waals surface area contributed by atoms with Crippen LogP contribution in [0.2, 0.25) is 0 Å². The van der Waals surface area contributed by atoms with Crippen molar-refractivity contribution >= 4 is 5.78 Å². The number of hydrogen-bond acceptors (Lipinski definition) is 2. The molecule has 1 heterocycles. The number of aromatic nitrogens is 1. The van der Waals surface area contributed by atoms with Gasteiger partial charge in [0, 0.05) is 25.2 Å². The van der Waals surface area contributed by atoms with Gasteiger partial charge in [-0.1, -0.05) is 18.2 Å². The average molecular weight is 239 g/mol. The lowest BCUT2D eigenvalue weighted by Crippen LogP contribution is -2.09. The molecule has 0 saturated heterocycles. The first-order valence-corrected chi connectivity index (χ1v) is 6.12. The van der Waals surface area contributed by atoms with Gasteiger partial charge in [-0.3, -0.25) is 9.78 Å². The van der Waals surface area contributed by atoms with Crippen LogP contribution in [0.15, 0.2) is 42.7 Å². The molecule has 0 spiro atoms. The van der Waals surface area contributed by atoms with Crippen molar-refractivity contribution in [1.82, 2.24) is 4.98 Å². The van der Waals surface area contributed by atoms with Crippen molar-refractivity contribution in [2.45, 2.75) is 26.7 Å². The molecule has 0 N–H and O–H groups in total. The maximum atomic E-state index is 12.1. The lowest BCUT2D eigenvalue weighted by atomic mass is 9.96. The zero-order chi connectivity index (χ0) is 13.0. The number of pyridine rings is 1. The maximum absolute atomic E-state index is 12.1. The van der Waals surface area contributed by atoms with Crippen molar-refractivity contribution in [3.8, 4) is 0 Å². The first-order valence-electron chi connectivity index (χ1n) is 6.12. The normalized spacial score (nSPS) is 10.3. The van der Waals surface area contributed by atoms with Gasteiger partial charge in [0.05, 0.1) is 0 Å². The molecule has 92 valence electrons. The average Bonchev–Trinajstić information content (AvgIpc) is 2.35. The zero-order valence-electron chi connectivity index (χ0n) is 10.8. The Bertz CT molecular complexity index is 526. The number of aryl methyl sites for hydroxylation is 2. The highest BCUT2D eigenvalue weighted by Gasteiger charge is 2.09. The first-order chi connectivity index (χ1) is 8.66. The Labute approximate surface area is 108 Å². The second-order valence-corrected chi connectivity index (χ2v) is 4.62. The molecule has 0 unspecified atom stereocenters. The van der Waals surface area contributed by atoms with Crippen LogP contribution in [-0.2, 0) is 17.6 Å². The molecule has 0 radical (unpaired) electrons. The predicted molar refractivity (Wildman–Crippen MR) is 72.6 cm³/mol. The number of hydrogen-bond donors (Lipinski definition) is 0. The Morgan fingerprint density at radius 3 is 2.22 bits per heavy atom. The topological polar surface area (TPSA) is 30.0 Å². The monoisotopic (exact) mass is 239 g/mol. The van der Waals surface area contributed by atoms with Crippen LogP contribution < -0.4 is 0 Å². The van der Waals surface area contributed by atoms with Crippen LogP contribution in [0.3, 0.4) is 0 Å². The quantitative estimate of drug-likeness (QED) is 0.820. The summed E-state index contributed by atoms with van der Waals surface area (Å²) in [5.74, 6) is 0.249. The number of carbonyl (C=O) groups excluding carboxylic acids is 1. The second kappa shape index (κ2) is 5.58. The highest BCUT2D eigenvalue weighted by molar-refractivity contribution is 5.83. The highest BCUT2D eigenvalue weighted by atomic mass is 16.1. The van der Waals surface area contributed by atoms with Gasteiger partial charge in [0.15, 0.2) is 0 Å². The van der Waals surface area contributed by atoms with Gasteiger partial charge in [0.2, 0.25) is 0 Å². The van der Waals surface area contributed by atoms with Crippen LogP contribution in [0.25, 0.3) is 0 Å². The molecular weight excluding hydrogens is 222 g/mol. The molecule has 0 aliphatic heterocycles. The molecule has 2 rings (SSSR count). The van der Waals surface area contributed by atoms with Crippen LogP contribution in [0.4, 0.5) is 0 Å². The largest absolute Gasteiger partial charge is 0.299 e. The lowest BCUT2D eigenvalue weighted by molar-refractivity contribution is -0.117. The highest BCUT2D eigenvalue weighted by Crippen LogP contribution is 2.15. The van der Waals surface area contributed by atoms with E-state index in [-0.39, 0.29) is 5.78 Å². The molecule has 2 aromatic rings. The van der Waals surface area contributed by atoms with E-state index in [1.165, 1.54) is 11.1 Å². The molecule has 0 fully saturated rings. The third kappa shape index (κ3) is 3.04. The maximum Gasteiger partial charge on any atom is 0.141 e. The number of carbonyl (C=O) groups is 1. The number of rotatable bonds is 4. The Morgan fingerprint density at radius 2 is 1.61 bits per heavy atom. The number of nitrogens with zero attached hydrogens (tertiary/aromatic N) is 1. The standard InChI is InChI=1S/C16H17NO/c1-12-4-3-5-13(2)16(12)11-15(18)10-14-6-8-17-9-7-14/h3-9H,10-11H2,1-2H3. The Hall–Kier alpha value is -1.96. The van der Waals surface area contributed by atoms with E-state index < -0.39 is 0 Å². The van der Waals surface area contributed by atoms with Crippen molar-refractivity contribution in [1.29, 1.82) is 0 Å². The molecule has 1 aromatic heterocycles. The van der Waals surface area contributed by atoms with E-state index in [1.807, 2.05) is 18.2 Å². The molecule has 0 saturated carbocycles. The third-order valence-electron chi connectivity index (χ3n) is 3.17. The fraction of sp³-hybridized carbons (Fsp3) is 0.250. The number of Topliss-reactive ketones (excluding diaryl/α,β-unsaturated/α-hetero) is 1. The number of benzene rings is 1. The molecular formula is C16H17NO. The van der Waals surface area contributed by atoms with E-state index in [0.29, 0.717) is 12.8 Å². The predicted octanol–water partition coefficient (Wildman–Crippen LogP) is 3.05. The summed E-state index contributed by atoms with van der Waals surface area (Å²) in [4.78, 5) is 16.0. The minimum Gasteiger partial charge on any atom is -0.299 e. The molecule has 0 aliphatic carbocycles. The summed E-state index contributed by atoms with van der Waals surface area (Å²) in [6.07, 6.45) is 4.44. The summed E-state index contributed by atoms with van der Waals surface area (Å²) in [6, 6.07) is 9.93. The third-order valence-corrected chi connectivity index (χ3v) is 3.17. The van der Waals surface area contributed by atoms with E-state index >= 15 is 0 Å². The smallest absolute Gasteiger partial charge is 0.141 e. The SMILES string of the molecule is Cc1cccc(C)c1CC(=O)Cc1ccncc1. The lowest BCUT2D eigenvalue weighted by Gasteiger charge is -2.08. The summed E-state index contributed by atoms with van der Waals surface area (Å²) >= 11 is 0. The minimum atomic E-state index is 0.249. The Balaban J connectivity index is 2.08. The summed E-state index contributed by atoms with van der Waals surface area (Å²) < 4.78 is 0. The van der Waals surface area contributed by atoms with Crippen LogP contribution in [0.5, 0.6) is 0 Å². The molecule has 1 aromatic carbocycles. The zero-order valence-corrected chi connectivity index (χ0v) is 10.8. The van der Waals surface area contributed by atoms with Crippen molar-refractivity contribution in [3.63, 3.8) is 0 Å². The van der Waals surface area contributed by atoms with Crippen LogP contribution in [-0.4, -0.2) is 10.8 Å². The van der Waals surface area contributed by atoms with E-state index in [2.05, 4.69) is 31.0 Å². The van der Waals surface area contributed by atoms with Gasteiger partial charge in [-0.15, -0.1) is 0 Å². The summed E-state index contributed by atoms with van der Waals surface area (Å²) in [5, 5.41) is 0. The number of ketones is 1. The Kier molecular flexibility index (Phi) is 3.88. The van der Waals surface area contributed by atoms with Crippen LogP contribution >= 0.6 is 0 Å². The molecule has 0 atom stereocenters. The molecule has 0 bridgehead atoms. The van der Waals surface area contributed by atoms with Gasteiger partial charge >= 0.3 is 0 Å². The van der Waals surface area contributed by atoms with Crippen molar-refractivity contribution < 1.29 is 4.79 Å². The minimum absolute atomic E-state index is 0.249. The summed E-state index contributed by atoms with van der Waals surface area (Å²) in [5.41, 5.74) is 4.58. The molecule has 0 aliphatic rings. The second-order valence-electron chi connectivity index (χ2n) is 4.62. The van der Waals surface area contributed by atoms with Crippen molar-refractivity contribution in [3.05, 3.63) is 65.0 Å². The fourth-order valence-corrected chi connectivity index (χ4v) is 2.12. The molecule has 2 nitrogen and oxygen atoms in total. The summed E-state index contributed by atoms with van der Waals surface area (Å²) in [7, 11) is 0. The molecule has 0 amide bonds. The van der Waals surface area contributed by atoms with Gasteiger partial charge < -0.3 is 0 Å². The van der Waals surface area contributed by atoms with Gasteiger partial charge in [0.1, 0.15) is 5.78 Å². The molecule has 18 heavy (non-hydrogen) atoms. The summed E-state index contributed by atoms with van der Waals surface area (Å²) in [6.45, 7) is 4.12. The fourth-order valence-electron chi connectivity index (χ4n) is 2.12. The van der Waals surface area contributed by atoms with Gasteiger partial charge in [-0.25, -0.2) is 0 Å². The van der Waals surface area contributed by atoms with Gasteiger partial charge in [0.25, 0.3) is 0 Å². The van der Waals surface area contributed by atoms with Gasteiger partial charge in [-0.2, -0.15) is 0 Å². The van der Waals surface area contributed by atoms with Crippen molar-refractivity contribution in [2.75, 3.05) is 0 Å². The van der Waals surface area contributed by atoms with E-state index in [9.17, 15) is 4.79 Å². The first kappa shape index (κ1) is 12.5. The van der Waals surface area contributed by atoms with Crippen molar-refractivity contribution in [2.24, 2.45) is 0 Å². The molecule has 2 heteroatoms. The van der Waals surface area contributed by atoms with Gasteiger partial charge in [-0.05, 0) is 48.2 Å². The van der Waals surface area contributed by atoms with E-state index in [0.717, 1.165) is 11.1 Å².